The summed E-state index contributed by atoms with van der Waals surface area (Å²) in [5.74, 6) is 1.32. The van der Waals surface area contributed by atoms with Gasteiger partial charge in [-0.2, -0.15) is 0 Å². The number of hydrogen-bond donors (Lipinski definition) is 1. The van der Waals surface area contributed by atoms with Crippen LogP contribution < -0.4 is 5.32 Å². The maximum atomic E-state index is 12.3. The number of fused-ring (bicyclic) bond motifs is 1. The lowest BCUT2D eigenvalue weighted by Crippen LogP contribution is -2.15. The second-order valence-corrected chi connectivity index (χ2v) is 8.58. The van der Waals surface area contributed by atoms with Crippen LogP contribution in [0.2, 0.25) is 0 Å². The average Bonchev–Trinajstić information content (AvgIpc) is 3.11. The molecule has 2 fully saturated rings. The van der Waals surface area contributed by atoms with Crippen LogP contribution in [0, 0.1) is 24.7 Å². The molecule has 1 aromatic rings. The quantitative estimate of drug-likeness (QED) is 0.866. The molecule has 2 saturated carbocycles. The van der Waals surface area contributed by atoms with E-state index < -0.39 is 9.05 Å². The first-order valence-electron chi connectivity index (χ1n) is 7.24. The monoisotopic (exact) mass is 327 g/mol. The van der Waals surface area contributed by atoms with Gasteiger partial charge in [0.05, 0.1) is 4.90 Å². The van der Waals surface area contributed by atoms with E-state index in [2.05, 4.69) is 5.32 Å². The molecule has 0 saturated heterocycles. The van der Waals surface area contributed by atoms with E-state index in [1.807, 2.05) is 0 Å². The van der Waals surface area contributed by atoms with Crippen LogP contribution in [0.3, 0.4) is 0 Å². The van der Waals surface area contributed by atoms with E-state index >= 15 is 0 Å². The molecule has 2 unspecified atom stereocenters. The van der Waals surface area contributed by atoms with Crippen molar-refractivity contribution in [1.82, 2.24) is 0 Å². The van der Waals surface area contributed by atoms with Crippen LogP contribution in [0.1, 0.15) is 31.2 Å². The number of carbonyl (C=O) groups excluding carboxylic acids is 1. The van der Waals surface area contributed by atoms with Crippen molar-refractivity contribution in [2.24, 2.45) is 17.8 Å². The van der Waals surface area contributed by atoms with Crippen LogP contribution in [0.5, 0.6) is 0 Å². The summed E-state index contributed by atoms with van der Waals surface area (Å²) < 4.78 is 22.7. The van der Waals surface area contributed by atoms with Gasteiger partial charge in [-0.05, 0) is 55.4 Å². The summed E-state index contributed by atoms with van der Waals surface area (Å²) in [6.45, 7) is 1.67. The van der Waals surface area contributed by atoms with E-state index in [1.165, 1.54) is 18.9 Å². The maximum absolute atomic E-state index is 12.3. The van der Waals surface area contributed by atoms with Gasteiger partial charge in [-0.1, -0.05) is 12.8 Å². The smallest absolute Gasteiger partial charge is 0.261 e. The molecule has 0 bridgehead atoms. The fourth-order valence-electron chi connectivity index (χ4n) is 3.61. The van der Waals surface area contributed by atoms with Gasteiger partial charge in [-0.25, -0.2) is 8.42 Å². The third-order valence-corrected chi connectivity index (χ3v) is 6.15. The number of halogens is 1. The minimum Gasteiger partial charge on any atom is -0.326 e. The standard InChI is InChI=1S/C15H18ClNO3S/c1-9-8-10(6-7-13(9)21(16,19)20)17-15(18)14-11-4-2-3-5-12(11)14/h6-8,11-12,14H,2-5H2,1H3,(H,17,18). The molecular formula is C15H18ClNO3S. The minimum atomic E-state index is -3.74. The molecule has 114 valence electrons. The van der Waals surface area contributed by atoms with E-state index in [9.17, 15) is 13.2 Å². The summed E-state index contributed by atoms with van der Waals surface area (Å²) in [5, 5.41) is 2.90. The first-order valence-corrected chi connectivity index (χ1v) is 9.55. The molecule has 2 aliphatic carbocycles. The number of benzene rings is 1. The van der Waals surface area contributed by atoms with Crippen LogP contribution in [0.15, 0.2) is 23.1 Å². The molecule has 6 heteroatoms. The van der Waals surface area contributed by atoms with Gasteiger partial charge < -0.3 is 5.32 Å². The molecule has 0 aliphatic heterocycles. The molecule has 1 aromatic carbocycles. The lowest BCUT2D eigenvalue weighted by molar-refractivity contribution is -0.117. The number of hydrogen-bond acceptors (Lipinski definition) is 3. The van der Waals surface area contributed by atoms with Crippen LogP contribution in [0.4, 0.5) is 5.69 Å². The second-order valence-electron chi connectivity index (χ2n) is 6.05. The van der Waals surface area contributed by atoms with Crippen molar-refractivity contribution >= 4 is 31.3 Å². The first kappa shape index (κ1) is 14.9. The Kier molecular flexibility index (Phi) is 3.74. The van der Waals surface area contributed by atoms with Crippen molar-refractivity contribution in [3.63, 3.8) is 0 Å². The molecule has 1 N–H and O–H groups in total. The fraction of sp³-hybridized carbons (Fsp3) is 0.533. The largest absolute Gasteiger partial charge is 0.326 e. The number of rotatable bonds is 3. The molecular weight excluding hydrogens is 310 g/mol. The molecule has 2 aliphatic rings. The van der Waals surface area contributed by atoms with Gasteiger partial charge in [0.25, 0.3) is 9.05 Å². The summed E-state index contributed by atoms with van der Waals surface area (Å²) in [6.07, 6.45) is 4.77. The van der Waals surface area contributed by atoms with E-state index in [-0.39, 0.29) is 16.7 Å². The van der Waals surface area contributed by atoms with Gasteiger partial charge in [0.15, 0.2) is 0 Å². The second kappa shape index (κ2) is 5.29. The van der Waals surface area contributed by atoms with Crippen molar-refractivity contribution < 1.29 is 13.2 Å². The number of anilines is 1. The fourth-order valence-corrected chi connectivity index (χ4v) is 4.80. The molecule has 21 heavy (non-hydrogen) atoms. The molecule has 4 nitrogen and oxygen atoms in total. The van der Waals surface area contributed by atoms with Gasteiger partial charge in [-0.3, -0.25) is 4.79 Å². The Hall–Kier alpha value is -1.07. The topological polar surface area (TPSA) is 63.2 Å². The Labute approximate surface area is 129 Å². The predicted octanol–water partition coefficient (Wildman–Crippen LogP) is 3.30. The SMILES string of the molecule is Cc1cc(NC(=O)C2C3CCCCC32)ccc1S(=O)(=O)Cl. The van der Waals surface area contributed by atoms with E-state index in [1.54, 1.807) is 19.1 Å². The molecule has 0 spiro atoms. The van der Waals surface area contributed by atoms with Crippen molar-refractivity contribution in [2.75, 3.05) is 5.32 Å². The van der Waals surface area contributed by atoms with Crippen LogP contribution >= 0.6 is 10.7 Å². The Morgan fingerprint density at radius 2 is 1.86 bits per heavy atom. The van der Waals surface area contributed by atoms with Crippen molar-refractivity contribution in [3.05, 3.63) is 23.8 Å². The minimum absolute atomic E-state index is 0.0628. The van der Waals surface area contributed by atoms with E-state index in [4.69, 9.17) is 10.7 Å². The molecule has 0 aromatic heterocycles. The zero-order valence-corrected chi connectivity index (χ0v) is 13.4. The van der Waals surface area contributed by atoms with Crippen LogP contribution in [-0.2, 0) is 13.8 Å². The first-order chi connectivity index (χ1) is 9.88. The summed E-state index contributed by atoms with van der Waals surface area (Å²) in [7, 11) is 1.61. The normalized spacial score (nSPS) is 27.8. The average molecular weight is 328 g/mol. The third-order valence-electron chi connectivity index (χ3n) is 4.66. The highest BCUT2D eigenvalue weighted by molar-refractivity contribution is 8.13. The molecule has 0 radical (unpaired) electrons. The summed E-state index contributed by atoms with van der Waals surface area (Å²) in [6, 6.07) is 4.68. The number of amides is 1. The Balaban J connectivity index is 1.71. The third kappa shape index (κ3) is 2.94. The zero-order chi connectivity index (χ0) is 15.2. The van der Waals surface area contributed by atoms with Crippen molar-refractivity contribution in [3.8, 4) is 0 Å². The van der Waals surface area contributed by atoms with Crippen LogP contribution in [0.25, 0.3) is 0 Å². The highest BCUT2D eigenvalue weighted by Crippen LogP contribution is 2.55. The summed E-state index contributed by atoms with van der Waals surface area (Å²) in [5.41, 5.74) is 1.17. The number of carbonyl (C=O) groups is 1. The van der Waals surface area contributed by atoms with Crippen LogP contribution in [-0.4, -0.2) is 14.3 Å². The summed E-state index contributed by atoms with van der Waals surface area (Å²) in [4.78, 5) is 12.4. The van der Waals surface area contributed by atoms with Gasteiger partial charge in [0.1, 0.15) is 0 Å². The molecule has 0 heterocycles. The van der Waals surface area contributed by atoms with E-state index in [0.29, 0.717) is 23.1 Å². The zero-order valence-electron chi connectivity index (χ0n) is 11.8. The maximum Gasteiger partial charge on any atom is 0.261 e. The summed E-state index contributed by atoms with van der Waals surface area (Å²) >= 11 is 0. The Bertz CT molecular complexity index is 674. The molecule has 2 atom stereocenters. The lowest BCUT2D eigenvalue weighted by atomic mass is 10.0. The number of aryl methyl sites for hydroxylation is 1. The Morgan fingerprint density at radius 3 is 2.38 bits per heavy atom. The predicted molar refractivity (Wildman–Crippen MR) is 81.8 cm³/mol. The number of nitrogens with one attached hydrogen (secondary N) is 1. The Morgan fingerprint density at radius 1 is 1.24 bits per heavy atom. The lowest BCUT2D eigenvalue weighted by Gasteiger charge is -2.08. The van der Waals surface area contributed by atoms with Gasteiger partial charge >= 0.3 is 0 Å². The van der Waals surface area contributed by atoms with Gasteiger partial charge in [0, 0.05) is 22.3 Å². The molecule has 3 rings (SSSR count). The van der Waals surface area contributed by atoms with Crippen molar-refractivity contribution in [2.45, 2.75) is 37.5 Å². The van der Waals surface area contributed by atoms with E-state index in [0.717, 1.165) is 12.8 Å². The highest BCUT2D eigenvalue weighted by Gasteiger charge is 2.54. The van der Waals surface area contributed by atoms with Gasteiger partial charge in [-0.15, -0.1) is 0 Å². The van der Waals surface area contributed by atoms with Gasteiger partial charge in [0.2, 0.25) is 5.91 Å². The molecule has 1 amide bonds. The highest BCUT2D eigenvalue weighted by atomic mass is 35.7. The van der Waals surface area contributed by atoms with Crippen molar-refractivity contribution in [1.29, 1.82) is 0 Å².